The van der Waals surface area contributed by atoms with Gasteiger partial charge in [-0.25, -0.2) is 0 Å². The van der Waals surface area contributed by atoms with Crippen molar-refractivity contribution in [2.24, 2.45) is 0 Å². The van der Waals surface area contributed by atoms with Crippen LogP contribution in [0.3, 0.4) is 0 Å². The van der Waals surface area contributed by atoms with E-state index in [0.29, 0.717) is 12.6 Å². The Morgan fingerprint density at radius 3 is 2.83 bits per heavy atom. The van der Waals surface area contributed by atoms with Gasteiger partial charge in [-0.15, -0.1) is 11.3 Å². The number of aliphatic hydroxyl groups is 1. The Hall–Kier alpha value is -1.39. The molecule has 1 aliphatic rings. The molecule has 0 spiro atoms. The predicted octanol–water partition coefficient (Wildman–Crippen LogP) is 2.50. The fourth-order valence-electron chi connectivity index (χ4n) is 2.17. The topological polar surface area (TPSA) is 40.5 Å². The number of carbonyl (C=O) groups excluding carboxylic acids is 1. The summed E-state index contributed by atoms with van der Waals surface area (Å²) in [5.74, 6) is 0.0627. The number of carbonyl (C=O) groups is 1. The third kappa shape index (κ3) is 2.13. The number of aliphatic hydroxyl groups excluding tert-OH is 1. The van der Waals surface area contributed by atoms with Crippen molar-refractivity contribution in [3.63, 3.8) is 0 Å². The molecule has 0 atom stereocenters. The lowest BCUT2D eigenvalue weighted by Crippen LogP contribution is -2.34. The standard InChI is InChI=1S/C14H15NO2S/c16-8-7-15(11-5-6-11)14(17)13-9-10-3-1-2-4-12(10)18-13/h1-4,9,11,16H,5-8H2. The van der Waals surface area contributed by atoms with Crippen molar-refractivity contribution in [2.75, 3.05) is 13.2 Å². The lowest BCUT2D eigenvalue weighted by Gasteiger charge is -2.20. The third-order valence-corrected chi connectivity index (χ3v) is 4.33. The lowest BCUT2D eigenvalue weighted by atomic mass is 10.2. The van der Waals surface area contributed by atoms with Crippen molar-refractivity contribution in [1.29, 1.82) is 0 Å². The number of rotatable bonds is 4. The summed E-state index contributed by atoms with van der Waals surface area (Å²) in [6.45, 7) is 0.477. The zero-order valence-electron chi connectivity index (χ0n) is 10.0. The number of nitrogens with zero attached hydrogens (tertiary/aromatic N) is 1. The quantitative estimate of drug-likeness (QED) is 0.918. The van der Waals surface area contributed by atoms with Gasteiger partial charge >= 0.3 is 0 Å². The zero-order valence-corrected chi connectivity index (χ0v) is 10.8. The average Bonchev–Trinajstić information content (AvgIpc) is 3.13. The molecule has 4 heteroatoms. The van der Waals surface area contributed by atoms with Crippen molar-refractivity contribution in [1.82, 2.24) is 4.90 Å². The van der Waals surface area contributed by atoms with Crippen LogP contribution in [0.1, 0.15) is 22.5 Å². The third-order valence-electron chi connectivity index (χ3n) is 3.23. The maximum absolute atomic E-state index is 12.4. The van der Waals surface area contributed by atoms with Crippen LogP contribution >= 0.6 is 11.3 Å². The van der Waals surface area contributed by atoms with E-state index in [0.717, 1.165) is 27.8 Å². The first-order valence-electron chi connectivity index (χ1n) is 6.20. The lowest BCUT2D eigenvalue weighted by molar-refractivity contribution is 0.0712. The van der Waals surface area contributed by atoms with Crippen LogP contribution in [0.25, 0.3) is 10.1 Å². The van der Waals surface area contributed by atoms with E-state index in [1.807, 2.05) is 35.2 Å². The van der Waals surface area contributed by atoms with Gasteiger partial charge in [-0.1, -0.05) is 18.2 Å². The number of fused-ring (bicyclic) bond motifs is 1. The summed E-state index contributed by atoms with van der Waals surface area (Å²) in [6.07, 6.45) is 2.13. The van der Waals surface area contributed by atoms with Crippen LogP contribution < -0.4 is 0 Å². The van der Waals surface area contributed by atoms with Gasteiger partial charge in [-0.2, -0.15) is 0 Å². The minimum absolute atomic E-state index is 0.0349. The molecule has 1 saturated carbocycles. The molecule has 0 unspecified atom stereocenters. The first kappa shape index (κ1) is 11.7. The van der Waals surface area contributed by atoms with E-state index in [4.69, 9.17) is 5.11 Å². The molecule has 1 N–H and O–H groups in total. The van der Waals surface area contributed by atoms with Crippen molar-refractivity contribution >= 4 is 27.3 Å². The van der Waals surface area contributed by atoms with E-state index in [1.54, 1.807) is 0 Å². The van der Waals surface area contributed by atoms with Gasteiger partial charge in [0.15, 0.2) is 0 Å². The first-order chi connectivity index (χ1) is 8.79. The summed E-state index contributed by atoms with van der Waals surface area (Å²) in [5.41, 5.74) is 0. The molecule has 0 bridgehead atoms. The van der Waals surface area contributed by atoms with E-state index in [-0.39, 0.29) is 12.5 Å². The van der Waals surface area contributed by atoms with Gasteiger partial charge in [0.05, 0.1) is 11.5 Å². The van der Waals surface area contributed by atoms with Crippen LogP contribution in [0, 0.1) is 0 Å². The predicted molar refractivity (Wildman–Crippen MR) is 73.0 cm³/mol. The Bertz CT molecular complexity index is 541. The summed E-state index contributed by atoms with van der Waals surface area (Å²) in [5, 5.41) is 10.2. The summed E-state index contributed by atoms with van der Waals surface area (Å²) >= 11 is 1.53. The Labute approximate surface area is 110 Å². The smallest absolute Gasteiger partial charge is 0.264 e. The second-order valence-corrected chi connectivity index (χ2v) is 5.69. The van der Waals surface area contributed by atoms with Crippen LogP contribution in [0.15, 0.2) is 30.3 Å². The summed E-state index contributed by atoms with van der Waals surface area (Å²) < 4.78 is 1.14. The van der Waals surface area contributed by atoms with E-state index in [2.05, 4.69) is 0 Å². The molecule has 1 amide bonds. The molecule has 2 aromatic rings. The number of thiophene rings is 1. The van der Waals surface area contributed by atoms with Crippen molar-refractivity contribution in [2.45, 2.75) is 18.9 Å². The SMILES string of the molecule is O=C(c1cc2ccccc2s1)N(CCO)C1CC1. The molecule has 1 aliphatic carbocycles. The van der Waals surface area contributed by atoms with Crippen LogP contribution in [-0.4, -0.2) is 35.1 Å². The number of hydrogen-bond acceptors (Lipinski definition) is 3. The molecule has 1 aromatic heterocycles. The number of hydrogen-bond donors (Lipinski definition) is 1. The highest BCUT2D eigenvalue weighted by Crippen LogP contribution is 2.31. The highest BCUT2D eigenvalue weighted by molar-refractivity contribution is 7.20. The number of benzene rings is 1. The Balaban J connectivity index is 1.90. The molecule has 1 fully saturated rings. The minimum Gasteiger partial charge on any atom is -0.395 e. The van der Waals surface area contributed by atoms with Crippen molar-refractivity contribution < 1.29 is 9.90 Å². The monoisotopic (exact) mass is 261 g/mol. The molecule has 1 heterocycles. The Morgan fingerprint density at radius 2 is 2.17 bits per heavy atom. The van der Waals surface area contributed by atoms with Crippen molar-refractivity contribution in [3.05, 3.63) is 35.2 Å². The molecule has 3 rings (SSSR count). The van der Waals surface area contributed by atoms with Crippen molar-refractivity contribution in [3.8, 4) is 0 Å². The zero-order chi connectivity index (χ0) is 12.5. The van der Waals surface area contributed by atoms with E-state index in [1.165, 1.54) is 11.3 Å². The molecule has 0 radical (unpaired) electrons. The average molecular weight is 261 g/mol. The van der Waals surface area contributed by atoms with E-state index < -0.39 is 0 Å². The number of amides is 1. The second-order valence-electron chi connectivity index (χ2n) is 4.60. The van der Waals surface area contributed by atoms with Gasteiger partial charge in [-0.05, 0) is 30.4 Å². The van der Waals surface area contributed by atoms with E-state index >= 15 is 0 Å². The molecular weight excluding hydrogens is 246 g/mol. The Morgan fingerprint density at radius 1 is 1.39 bits per heavy atom. The normalized spacial score (nSPS) is 14.9. The van der Waals surface area contributed by atoms with Crippen LogP contribution in [-0.2, 0) is 0 Å². The fourth-order valence-corrected chi connectivity index (χ4v) is 3.19. The summed E-state index contributed by atoms with van der Waals surface area (Å²) in [6, 6.07) is 10.3. The van der Waals surface area contributed by atoms with Crippen LogP contribution in [0.2, 0.25) is 0 Å². The van der Waals surface area contributed by atoms with Gasteiger partial charge in [0, 0.05) is 17.3 Å². The van der Waals surface area contributed by atoms with Gasteiger partial charge in [-0.3, -0.25) is 4.79 Å². The highest BCUT2D eigenvalue weighted by Gasteiger charge is 2.33. The van der Waals surface area contributed by atoms with Crippen LogP contribution in [0.4, 0.5) is 0 Å². The van der Waals surface area contributed by atoms with Crippen LogP contribution in [0.5, 0.6) is 0 Å². The second kappa shape index (κ2) is 4.71. The van der Waals surface area contributed by atoms with Gasteiger partial charge in [0.25, 0.3) is 5.91 Å². The largest absolute Gasteiger partial charge is 0.395 e. The fraction of sp³-hybridized carbons (Fsp3) is 0.357. The van der Waals surface area contributed by atoms with Gasteiger partial charge < -0.3 is 10.0 Å². The highest BCUT2D eigenvalue weighted by atomic mass is 32.1. The molecule has 1 aromatic carbocycles. The summed E-state index contributed by atoms with van der Waals surface area (Å²) in [4.78, 5) is 15.0. The molecule has 0 aliphatic heterocycles. The molecular formula is C14H15NO2S. The Kier molecular flexibility index (Phi) is 3.06. The maximum atomic E-state index is 12.4. The summed E-state index contributed by atoms with van der Waals surface area (Å²) in [7, 11) is 0. The first-order valence-corrected chi connectivity index (χ1v) is 7.01. The molecule has 3 nitrogen and oxygen atoms in total. The maximum Gasteiger partial charge on any atom is 0.264 e. The van der Waals surface area contributed by atoms with Gasteiger partial charge in [0.2, 0.25) is 0 Å². The minimum atomic E-state index is 0.0349. The van der Waals surface area contributed by atoms with Gasteiger partial charge in [0.1, 0.15) is 0 Å². The molecule has 18 heavy (non-hydrogen) atoms. The van der Waals surface area contributed by atoms with E-state index in [9.17, 15) is 4.79 Å². The molecule has 0 saturated heterocycles. The molecule has 94 valence electrons.